The second kappa shape index (κ2) is 8.06. The third-order valence-corrected chi connectivity index (χ3v) is 7.27. The zero-order chi connectivity index (χ0) is 24.3. The number of hydrogen-bond acceptors (Lipinski definition) is 6. The summed E-state index contributed by atoms with van der Waals surface area (Å²) in [7, 11) is 1.55. The minimum Gasteiger partial charge on any atom is -0.497 e. The van der Waals surface area contributed by atoms with Gasteiger partial charge in [0.15, 0.2) is 5.78 Å². The number of ketones is 1. The van der Waals surface area contributed by atoms with Crippen molar-refractivity contribution >= 4 is 41.1 Å². The Kier molecular flexibility index (Phi) is 4.96. The molecule has 3 aliphatic rings. The minimum atomic E-state index is -0.921. The molecular weight excluding hydrogens is 466 g/mol. The van der Waals surface area contributed by atoms with Crippen molar-refractivity contribution in [1.82, 2.24) is 5.01 Å². The van der Waals surface area contributed by atoms with E-state index in [1.165, 1.54) is 4.90 Å². The van der Waals surface area contributed by atoms with E-state index in [1.54, 1.807) is 66.9 Å². The van der Waals surface area contributed by atoms with Crippen molar-refractivity contribution in [2.24, 2.45) is 16.9 Å². The summed E-state index contributed by atoms with van der Waals surface area (Å²) in [5.74, 6) is -2.01. The molecule has 8 heteroatoms. The summed E-state index contributed by atoms with van der Waals surface area (Å²) in [6.07, 6.45) is 1.69. The van der Waals surface area contributed by atoms with Gasteiger partial charge in [-0.2, -0.15) is 5.10 Å². The summed E-state index contributed by atoms with van der Waals surface area (Å²) in [5.41, 5.74) is 2.61. The number of hydrazone groups is 1. The third kappa shape index (κ3) is 3.19. The van der Waals surface area contributed by atoms with Gasteiger partial charge in [-0.15, -0.1) is 0 Å². The number of benzene rings is 3. The molecule has 2 saturated heterocycles. The molecule has 7 nitrogen and oxygen atoms in total. The van der Waals surface area contributed by atoms with E-state index in [4.69, 9.17) is 16.3 Å². The van der Waals surface area contributed by atoms with Crippen molar-refractivity contribution in [1.29, 1.82) is 0 Å². The number of halogens is 1. The van der Waals surface area contributed by atoms with Crippen molar-refractivity contribution in [3.05, 3.63) is 94.5 Å². The largest absolute Gasteiger partial charge is 0.497 e. The van der Waals surface area contributed by atoms with Crippen LogP contribution in [0.2, 0.25) is 5.02 Å². The van der Waals surface area contributed by atoms with Crippen molar-refractivity contribution in [3.8, 4) is 5.75 Å². The molecule has 3 aromatic carbocycles. The SMILES string of the molecule is COc1ccc(N2C(=O)C3C(C2=O)C2c4ccccc4C=NN2C3C(=O)c2ccc(Cl)cc2)cc1. The second-order valence-electron chi connectivity index (χ2n) is 8.78. The Bertz CT molecular complexity index is 1390. The lowest BCUT2D eigenvalue weighted by atomic mass is 9.83. The summed E-state index contributed by atoms with van der Waals surface area (Å²) in [5, 5.41) is 6.73. The molecule has 0 radical (unpaired) electrons. The maximum Gasteiger partial charge on any atom is 0.240 e. The number of amides is 2. The van der Waals surface area contributed by atoms with Crippen molar-refractivity contribution in [2.45, 2.75) is 12.1 Å². The molecule has 4 unspecified atom stereocenters. The topological polar surface area (TPSA) is 79.3 Å². The summed E-state index contributed by atoms with van der Waals surface area (Å²) >= 11 is 6.02. The zero-order valence-electron chi connectivity index (χ0n) is 18.7. The molecule has 2 fully saturated rings. The monoisotopic (exact) mass is 485 g/mol. The van der Waals surface area contributed by atoms with E-state index >= 15 is 0 Å². The zero-order valence-corrected chi connectivity index (χ0v) is 19.4. The van der Waals surface area contributed by atoms with Gasteiger partial charge in [-0.25, -0.2) is 4.90 Å². The predicted molar refractivity (Wildman–Crippen MR) is 131 cm³/mol. The van der Waals surface area contributed by atoms with Crippen LogP contribution in [0.3, 0.4) is 0 Å². The van der Waals surface area contributed by atoms with Crippen LogP contribution in [-0.4, -0.2) is 42.0 Å². The first kappa shape index (κ1) is 21.6. The van der Waals surface area contributed by atoms with Gasteiger partial charge in [0.2, 0.25) is 11.8 Å². The molecule has 0 spiro atoms. The average molecular weight is 486 g/mol. The number of fused-ring (bicyclic) bond motifs is 5. The van der Waals surface area contributed by atoms with E-state index in [2.05, 4.69) is 5.10 Å². The first-order valence-electron chi connectivity index (χ1n) is 11.2. The van der Waals surface area contributed by atoms with Crippen LogP contribution < -0.4 is 9.64 Å². The number of carbonyl (C=O) groups is 3. The summed E-state index contributed by atoms with van der Waals surface area (Å²) in [6, 6.07) is 19.5. The van der Waals surface area contributed by atoms with Crippen LogP contribution in [0.25, 0.3) is 0 Å². The number of ether oxygens (including phenoxy) is 1. The Balaban J connectivity index is 1.47. The molecule has 174 valence electrons. The second-order valence-corrected chi connectivity index (χ2v) is 9.21. The molecule has 0 saturated carbocycles. The molecule has 4 atom stereocenters. The number of methoxy groups -OCH3 is 1. The van der Waals surface area contributed by atoms with Crippen LogP contribution in [0.1, 0.15) is 27.5 Å². The van der Waals surface area contributed by atoms with Crippen LogP contribution in [-0.2, 0) is 9.59 Å². The Morgan fingerprint density at radius 3 is 2.31 bits per heavy atom. The molecule has 0 bridgehead atoms. The number of nitrogens with zero attached hydrogens (tertiary/aromatic N) is 3. The van der Waals surface area contributed by atoms with Gasteiger partial charge in [0, 0.05) is 10.6 Å². The van der Waals surface area contributed by atoms with Gasteiger partial charge in [-0.1, -0.05) is 35.9 Å². The van der Waals surface area contributed by atoms with Crippen molar-refractivity contribution in [3.63, 3.8) is 0 Å². The van der Waals surface area contributed by atoms with Gasteiger partial charge in [0.1, 0.15) is 11.8 Å². The van der Waals surface area contributed by atoms with Crippen molar-refractivity contribution in [2.75, 3.05) is 12.0 Å². The third-order valence-electron chi connectivity index (χ3n) is 7.02. The minimum absolute atomic E-state index is 0.270. The quantitative estimate of drug-likeness (QED) is 0.410. The molecule has 3 aromatic rings. The van der Waals surface area contributed by atoms with E-state index < -0.39 is 29.8 Å². The van der Waals surface area contributed by atoms with E-state index in [1.807, 2.05) is 24.3 Å². The molecule has 3 heterocycles. The van der Waals surface area contributed by atoms with Crippen LogP contribution >= 0.6 is 11.6 Å². The van der Waals surface area contributed by atoms with Gasteiger partial charge in [-0.05, 0) is 59.7 Å². The lowest BCUT2D eigenvalue weighted by Gasteiger charge is -2.33. The molecule has 3 aliphatic heterocycles. The predicted octanol–water partition coefficient (Wildman–Crippen LogP) is 4.11. The maximum atomic E-state index is 13.8. The van der Waals surface area contributed by atoms with Crippen LogP contribution in [0.4, 0.5) is 5.69 Å². The van der Waals surface area contributed by atoms with Crippen LogP contribution in [0, 0.1) is 11.8 Å². The van der Waals surface area contributed by atoms with Gasteiger partial charge in [0.25, 0.3) is 0 Å². The first-order chi connectivity index (χ1) is 17.0. The van der Waals surface area contributed by atoms with Gasteiger partial charge >= 0.3 is 0 Å². The summed E-state index contributed by atoms with van der Waals surface area (Å²) in [4.78, 5) is 42.7. The highest BCUT2D eigenvalue weighted by atomic mass is 35.5. The molecular formula is C27H20ClN3O4. The Hall–Kier alpha value is -3.97. The number of hydrogen-bond donors (Lipinski definition) is 0. The highest BCUT2D eigenvalue weighted by Crippen LogP contribution is 2.53. The summed E-state index contributed by atoms with van der Waals surface area (Å²) < 4.78 is 5.21. The molecule has 6 rings (SSSR count). The normalized spacial score (nSPS) is 24.3. The van der Waals surface area contributed by atoms with Crippen LogP contribution in [0.15, 0.2) is 77.9 Å². The first-order valence-corrected chi connectivity index (χ1v) is 11.6. The molecule has 0 aliphatic carbocycles. The number of imide groups is 1. The van der Waals surface area contributed by atoms with Gasteiger partial charge in [0.05, 0.1) is 36.9 Å². The number of Topliss-reactive ketones (excluding diaryl/α,β-unsaturated/α-hetero) is 1. The summed E-state index contributed by atoms with van der Waals surface area (Å²) in [6.45, 7) is 0. The Morgan fingerprint density at radius 1 is 0.914 bits per heavy atom. The molecule has 35 heavy (non-hydrogen) atoms. The molecule has 0 N–H and O–H groups in total. The highest BCUT2D eigenvalue weighted by molar-refractivity contribution is 6.30. The average Bonchev–Trinajstić information content (AvgIpc) is 3.36. The van der Waals surface area contributed by atoms with Crippen molar-refractivity contribution < 1.29 is 19.1 Å². The number of anilines is 1. The van der Waals surface area contributed by atoms with Crippen LogP contribution in [0.5, 0.6) is 5.75 Å². The fourth-order valence-electron chi connectivity index (χ4n) is 5.44. The fraction of sp³-hybridized carbons (Fsp3) is 0.185. The Labute approximate surface area is 206 Å². The number of carbonyl (C=O) groups excluding carboxylic acids is 3. The van der Waals surface area contributed by atoms with E-state index in [9.17, 15) is 14.4 Å². The van der Waals surface area contributed by atoms with E-state index in [-0.39, 0.29) is 11.7 Å². The Morgan fingerprint density at radius 2 is 1.60 bits per heavy atom. The van der Waals surface area contributed by atoms with E-state index in [0.29, 0.717) is 22.0 Å². The standard InChI is InChI=1S/C27H20ClN3O4/c1-35-19-12-10-18(11-13-19)30-26(33)21-22(27(30)34)24(25(32)15-6-8-17(28)9-7-15)31-23(21)20-5-3-2-4-16(20)14-29-31/h2-14,21-24H,1H3. The number of rotatable bonds is 4. The smallest absolute Gasteiger partial charge is 0.240 e. The molecule has 2 amide bonds. The van der Waals surface area contributed by atoms with E-state index in [0.717, 1.165) is 11.1 Å². The van der Waals surface area contributed by atoms with Gasteiger partial charge in [-0.3, -0.25) is 19.4 Å². The lowest BCUT2D eigenvalue weighted by molar-refractivity contribution is -0.124. The molecule has 0 aromatic heterocycles. The highest BCUT2D eigenvalue weighted by Gasteiger charge is 2.65. The fourth-order valence-corrected chi connectivity index (χ4v) is 5.57. The van der Waals surface area contributed by atoms with Gasteiger partial charge < -0.3 is 4.74 Å². The lowest BCUT2D eigenvalue weighted by Crippen LogP contribution is -2.44. The maximum absolute atomic E-state index is 13.8.